The standard InChI is InChI=1S/C29H30N4O4/c34-28-27(31-26(22-11-5-2-6-12-22)23-13-7-8-14-24(23)30-28)32-29(35)37-25(21-9-3-1-4-10-21)15-16-33-17-19-36-20-18-33/h1-14,25,27H,15-20H2,(H,30,34)(H,32,35)/t25-,27-/m1/s1. The second-order valence-corrected chi connectivity index (χ2v) is 8.97. The number of hydrogen-bond acceptors (Lipinski definition) is 6. The molecule has 0 aliphatic carbocycles. The number of anilines is 1. The zero-order valence-corrected chi connectivity index (χ0v) is 20.5. The van der Waals surface area contributed by atoms with E-state index in [9.17, 15) is 9.59 Å². The number of aliphatic imine (C=N–C) groups is 1. The summed E-state index contributed by atoms with van der Waals surface area (Å²) < 4.78 is 11.3. The van der Waals surface area contributed by atoms with E-state index in [4.69, 9.17) is 9.47 Å². The molecule has 8 heteroatoms. The highest BCUT2D eigenvalue weighted by Crippen LogP contribution is 2.25. The third-order valence-corrected chi connectivity index (χ3v) is 6.48. The van der Waals surface area contributed by atoms with Crippen molar-refractivity contribution in [2.45, 2.75) is 18.7 Å². The van der Waals surface area contributed by atoms with Crippen LogP contribution in [0.4, 0.5) is 10.5 Å². The number of benzene rings is 3. The molecule has 2 amide bonds. The van der Waals surface area contributed by atoms with E-state index in [-0.39, 0.29) is 0 Å². The molecule has 2 heterocycles. The minimum atomic E-state index is -1.15. The van der Waals surface area contributed by atoms with Crippen LogP contribution in [0.25, 0.3) is 0 Å². The summed E-state index contributed by atoms with van der Waals surface area (Å²) >= 11 is 0. The van der Waals surface area contributed by atoms with Gasteiger partial charge in [-0.2, -0.15) is 0 Å². The quantitative estimate of drug-likeness (QED) is 0.514. The van der Waals surface area contributed by atoms with Gasteiger partial charge in [-0.1, -0.05) is 78.9 Å². The summed E-state index contributed by atoms with van der Waals surface area (Å²) in [7, 11) is 0. The Balaban J connectivity index is 1.34. The van der Waals surface area contributed by atoms with Crippen molar-refractivity contribution in [1.82, 2.24) is 10.2 Å². The molecule has 190 valence electrons. The fourth-order valence-corrected chi connectivity index (χ4v) is 4.54. The largest absolute Gasteiger partial charge is 0.441 e. The number of nitrogens with one attached hydrogen (secondary N) is 2. The molecular weight excluding hydrogens is 468 g/mol. The summed E-state index contributed by atoms with van der Waals surface area (Å²) in [6.07, 6.45) is -1.69. The highest BCUT2D eigenvalue weighted by Gasteiger charge is 2.28. The lowest BCUT2D eigenvalue weighted by molar-refractivity contribution is -0.117. The van der Waals surface area contributed by atoms with Crippen molar-refractivity contribution in [1.29, 1.82) is 0 Å². The SMILES string of the molecule is O=C(N[C@H]1N=C(c2ccccc2)c2ccccc2NC1=O)O[C@H](CCN1CCOCC1)c1ccccc1. The molecule has 0 aromatic heterocycles. The number of amides is 2. The van der Waals surface area contributed by atoms with Crippen LogP contribution in [0.1, 0.15) is 29.2 Å². The second kappa shape index (κ2) is 11.8. The minimum absolute atomic E-state index is 0.431. The highest BCUT2D eigenvalue weighted by atomic mass is 16.6. The van der Waals surface area contributed by atoms with Crippen LogP contribution in [0.2, 0.25) is 0 Å². The first-order valence-electron chi connectivity index (χ1n) is 12.5. The molecule has 2 aliphatic rings. The number of fused-ring (bicyclic) bond motifs is 1. The predicted molar refractivity (Wildman–Crippen MR) is 142 cm³/mol. The van der Waals surface area contributed by atoms with E-state index in [1.54, 1.807) is 0 Å². The Morgan fingerprint density at radius 1 is 1.00 bits per heavy atom. The van der Waals surface area contributed by atoms with Crippen molar-refractivity contribution in [2.24, 2.45) is 4.99 Å². The number of carbonyl (C=O) groups is 2. The maximum atomic E-state index is 13.1. The fourth-order valence-electron chi connectivity index (χ4n) is 4.54. The lowest BCUT2D eigenvalue weighted by Crippen LogP contribution is -2.43. The van der Waals surface area contributed by atoms with E-state index in [1.165, 1.54) is 0 Å². The smallest absolute Gasteiger partial charge is 0.409 e. The number of ether oxygens (including phenoxy) is 2. The Kier molecular flexibility index (Phi) is 7.88. The minimum Gasteiger partial charge on any atom is -0.441 e. The number of morpholine rings is 1. The molecular formula is C29H30N4O4. The number of rotatable bonds is 7. The van der Waals surface area contributed by atoms with E-state index < -0.39 is 24.3 Å². The summed E-state index contributed by atoms with van der Waals surface area (Å²) in [5.41, 5.74) is 3.79. The van der Waals surface area contributed by atoms with Gasteiger partial charge in [0.1, 0.15) is 6.10 Å². The molecule has 0 bridgehead atoms. The van der Waals surface area contributed by atoms with Gasteiger partial charge in [-0.15, -0.1) is 0 Å². The first-order valence-corrected chi connectivity index (χ1v) is 12.5. The number of carbonyl (C=O) groups excluding carboxylic acids is 2. The van der Waals surface area contributed by atoms with Crippen LogP contribution < -0.4 is 10.6 Å². The summed E-state index contributed by atoms with van der Waals surface area (Å²) in [5.74, 6) is -0.431. The summed E-state index contributed by atoms with van der Waals surface area (Å²) in [6, 6.07) is 26.7. The van der Waals surface area contributed by atoms with Crippen LogP contribution in [0.15, 0.2) is 89.9 Å². The lowest BCUT2D eigenvalue weighted by Gasteiger charge is -2.28. The maximum absolute atomic E-state index is 13.1. The molecule has 0 saturated carbocycles. The van der Waals surface area contributed by atoms with Gasteiger partial charge >= 0.3 is 6.09 Å². The van der Waals surface area contributed by atoms with Crippen molar-refractivity contribution in [3.05, 3.63) is 102 Å². The second-order valence-electron chi connectivity index (χ2n) is 8.97. The van der Waals surface area contributed by atoms with Crippen LogP contribution in [-0.4, -0.2) is 61.6 Å². The Morgan fingerprint density at radius 2 is 1.68 bits per heavy atom. The summed E-state index contributed by atoms with van der Waals surface area (Å²) in [6.45, 7) is 3.89. The third-order valence-electron chi connectivity index (χ3n) is 6.48. The van der Waals surface area contributed by atoms with Crippen molar-refractivity contribution in [3.63, 3.8) is 0 Å². The monoisotopic (exact) mass is 498 g/mol. The molecule has 0 spiro atoms. The molecule has 2 aliphatic heterocycles. The van der Waals surface area contributed by atoms with Gasteiger partial charge in [-0.25, -0.2) is 9.79 Å². The highest BCUT2D eigenvalue weighted by molar-refractivity contribution is 6.19. The molecule has 3 aromatic carbocycles. The van der Waals surface area contributed by atoms with Gasteiger partial charge in [-0.3, -0.25) is 15.0 Å². The van der Waals surface area contributed by atoms with E-state index in [0.717, 1.165) is 36.3 Å². The predicted octanol–water partition coefficient (Wildman–Crippen LogP) is 3.99. The van der Waals surface area contributed by atoms with Crippen molar-refractivity contribution in [2.75, 3.05) is 38.2 Å². The average molecular weight is 499 g/mol. The van der Waals surface area contributed by atoms with E-state index in [1.807, 2.05) is 84.9 Å². The topological polar surface area (TPSA) is 92.3 Å². The summed E-state index contributed by atoms with van der Waals surface area (Å²) in [5, 5.41) is 5.58. The molecule has 37 heavy (non-hydrogen) atoms. The van der Waals surface area contributed by atoms with Crippen LogP contribution >= 0.6 is 0 Å². The average Bonchev–Trinajstić information content (AvgIpc) is 3.08. The summed E-state index contributed by atoms with van der Waals surface area (Å²) in [4.78, 5) is 33.2. The van der Waals surface area contributed by atoms with Gasteiger partial charge in [0.05, 0.1) is 24.6 Å². The number of alkyl carbamates (subject to hydrolysis) is 1. The van der Waals surface area contributed by atoms with Crippen LogP contribution in [0, 0.1) is 0 Å². The van der Waals surface area contributed by atoms with Crippen molar-refractivity contribution >= 4 is 23.4 Å². The van der Waals surface area contributed by atoms with Gasteiger partial charge in [0, 0.05) is 37.2 Å². The Bertz CT molecular complexity index is 1240. The Morgan fingerprint density at radius 3 is 2.43 bits per heavy atom. The van der Waals surface area contributed by atoms with Gasteiger partial charge in [-0.05, 0) is 11.6 Å². The fraction of sp³-hybridized carbons (Fsp3) is 0.276. The molecule has 5 rings (SSSR count). The van der Waals surface area contributed by atoms with Crippen molar-refractivity contribution < 1.29 is 19.1 Å². The number of nitrogens with zero attached hydrogens (tertiary/aromatic N) is 2. The first kappa shape index (κ1) is 24.7. The Labute approximate surface area is 216 Å². The first-order chi connectivity index (χ1) is 18.2. The molecule has 8 nitrogen and oxygen atoms in total. The molecule has 1 saturated heterocycles. The van der Waals surface area contributed by atoms with Gasteiger partial charge in [0.25, 0.3) is 5.91 Å². The zero-order valence-electron chi connectivity index (χ0n) is 20.5. The molecule has 2 N–H and O–H groups in total. The van der Waals surface area contributed by atoms with Gasteiger partial charge in [0.15, 0.2) is 0 Å². The van der Waals surface area contributed by atoms with Crippen LogP contribution in [0.3, 0.4) is 0 Å². The number of hydrogen-bond donors (Lipinski definition) is 2. The Hall–Kier alpha value is -4.01. The molecule has 0 unspecified atom stereocenters. The van der Waals surface area contributed by atoms with E-state index >= 15 is 0 Å². The van der Waals surface area contributed by atoms with Crippen LogP contribution in [-0.2, 0) is 14.3 Å². The maximum Gasteiger partial charge on any atom is 0.409 e. The van der Waals surface area contributed by atoms with Crippen LogP contribution in [0.5, 0.6) is 0 Å². The zero-order chi connectivity index (χ0) is 25.5. The van der Waals surface area contributed by atoms with Crippen molar-refractivity contribution in [3.8, 4) is 0 Å². The van der Waals surface area contributed by atoms with Gasteiger partial charge in [0.2, 0.25) is 6.17 Å². The molecule has 0 radical (unpaired) electrons. The lowest BCUT2D eigenvalue weighted by atomic mass is 10.0. The number of para-hydroxylation sites is 1. The van der Waals surface area contributed by atoms with E-state index in [0.29, 0.717) is 31.0 Å². The third kappa shape index (κ3) is 6.22. The molecule has 2 atom stereocenters. The molecule has 3 aromatic rings. The number of benzodiazepines with no additional fused rings is 1. The normalized spacial score (nSPS) is 18.5. The van der Waals surface area contributed by atoms with E-state index in [2.05, 4.69) is 20.5 Å². The van der Waals surface area contributed by atoms with Gasteiger partial charge < -0.3 is 14.8 Å². The molecule has 1 fully saturated rings.